The summed E-state index contributed by atoms with van der Waals surface area (Å²) in [5.41, 5.74) is 2.84. The highest BCUT2D eigenvalue weighted by Crippen LogP contribution is 2.30. The molecule has 1 heterocycles. The average molecular weight is 348 g/mol. The van der Waals surface area contributed by atoms with E-state index in [4.69, 9.17) is 0 Å². The van der Waals surface area contributed by atoms with Gasteiger partial charge in [-0.25, -0.2) is 14.4 Å². The number of benzene rings is 1. The molecule has 5 nitrogen and oxygen atoms in total. The second-order valence-electron chi connectivity index (χ2n) is 5.67. The fourth-order valence-electron chi connectivity index (χ4n) is 2.33. The predicted molar refractivity (Wildman–Crippen MR) is 93.8 cm³/mol. The second-order valence-corrected chi connectivity index (χ2v) is 6.53. The van der Waals surface area contributed by atoms with Crippen molar-refractivity contribution in [1.82, 2.24) is 9.97 Å². The zero-order chi connectivity index (χ0) is 17.9. The van der Waals surface area contributed by atoms with Crippen molar-refractivity contribution < 1.29 is 13.2 Å². The van der Waals surface area contributed by atoms with Gasteiger partial charge in [-0.2, -0.15) is 0 Å². The number of hydrogen-bond acceptors (Lipinski definition) is 5. The summed E-state index contributed by atoms with van der Waals surface area (Å²) < 4.78 is 35.1. The van der Waals surface area contributed by atoms with Crippen molar-refractivity contribution in [2.45, 2.75) is 19.8 Å². The second kappa shape index (κ2) is 7.63. The Morgan fingerprint density at radius 3 is 2.46 bits per heavy atom. The Hall–Kier alpha value is -2.12. The van der Waals surface area contributed by atoms with Crippen LogP contribution in [0, 0.1) is 5.82 Å². The van der Waals surface area contributed by atoms with Crippen molar-refractivity contribution in [2.24, 2.45) is 0 Å². The molecule has 7 heteroatoms. The van der Waals surface area contributed by atoms with Gasteiger partial charge in [-0.3, -0.25) is 4.21 Å². The lowest BCUT2D eigenvalue weighted by atomic mass is 9.98. The van der Waals surface area contributed by atoms with Gasteiger partial charge in [-0.05, 0) is 41.3 Å². The topological polar surface area (TPSA) is 69.2 Å². The van der Waals surface area contributed by atoms with Crippen LogP contribution in [0.5, 0.6) is 0 Å². The largest absolute Gasteiger partial charge is 0.771 e. The van der Waals surface area contributed by atoms with Crippen molar-refractivity contribution in [1.29, 1.82) is 0 Å². The summed E-state index contributed by atoms with van der Waals surface area (Å²) in [6.07, 6.45) is 1.67. The number of nitrogens with zero attached hydrogens (tertiary/aromatic N) is 3. The molecule has 1 unspecified atom stereocenters. The molecular formula is C17H19FN3O2S-. The highest BCUT2D eigenvalue weighted by molar-refractivity contribution is 7.79. The summed E-state index contributed by atoms with van der Waals surface area (Å²) in [6, 6.07) is 5.97. The van der Waals surface area contributed by atoms with Gasteiger partial charge in [0.15, 0.2) is 0 Å². The lowest BCUT2D eigenvalue weighted by molar-refractivity contribution is 0.536. The molecule has 1 atom stereocenters. The number of hydrogen-bond donors (Lipinski definition) is 0. The van der Waals surface area contributed by atoms with Gasteiger partial charge in [-0.1, -0.05) is 26.5 Å². The van der Waals surface area contributed by atoms with E-state index in [-0.39, 0.29) is 17.6 Å². The van der Waals surface area contributed by atoms with E-state index in [9.17, 15) is 13.2 Å². The van der Waals surface area contributed by atoms with E-state index in [0.717, 1.165) is 11.3 Å². The average Bonchev–Trinajstić information content (AvgIpc) is 2.53. The van der Waals surface area contributed by atoms with Crippen LogP contribution in [0.15, 0.2) is 30.8 Å². The van der Waals surface area contributed by atoms with Gasteiger partial charge >= 0.3 is 0 Å². The molecule has 2 rings (SSSR count). The van der Waals surface area contributed by atoms with Gasteiger partial charge in [0.25, 0.3) is 0 Å². The van der Waals surface area contributed by atoms with Crippen LogP contribution in [0.2, 0.25) is 0 Å². The van der Waals surface area contributed by atoms with E-state index < -0.39 is 11.1 Å². The Balaban J connectivity index is 2.66. The van der Waals surface area contributed by atoms with Crippen molar-refractivity contribution in [3.63, 3.8) is 0 Å². The minimum atomic E-state index is -2.25. The number of aromatic nitrogens is 2. The number of rotatable bonds is 6. The van der Waals surface area contributed by atoms with Gasteiger partial charge in [0.05, 0.1) is 17.3 Å². The van der Waals surface area contributed by atoms with Crippen molar-refractivity contribution in [3.8, 4) is 11.3 Å². The molecule has 0 aliphatic heterocycles. The third kappa shape index (κ3) is 4.04. The van der Waals surface area contributed by atoms with Crippen molar-refractivity contribution in [2.75, 3.05) is 17.8 Å². The van der Waals surface area contributed by atoms with Crippen LogP contribution in [0.4, 0.5) is 10.3 Å². The van der Waals surface area contributed by atoms with Crippen LogP contribution in [0.25, 0.3) is 17.3 Å². The first-order chi connectivity index (χ1) is 11.3. The normalized spacial score (nSPS) is 12.2. The minimum Gasteiger partial charge on any atom is -0.771 e. The van der Waals surface area contributed by atoms with E-state index in [2.05, 4.69) is 16.5 Å². The Kier molecular flexibility index (Phi) is 5.80. The SMILES string of the molecule is C=Cc1c(-c2ccc(F)cc2)nc(N(C)CS(=O)[O-])nc1C(C)C. The van der Waals surface area contributed by atoms with E-state index in [0.29, 0.717) is 17.2 Å². The van der Waals surface area contributed by atoms with Crippen LogP contribution in [-0.2, 0) is 11.1 Å². The monoisotopic (exact) mass is 348 g/mol. The highest BCUT2D eigenvalue weighted by atomic mass is 32.2. The molecule has 0 amide bonds. The molecule has 0 saturated heterocycles. The molecule has 0 radical (unpaired) electrons. The van der Waals surface area contributed by atoms with E-state index in [1.165, 1.54) is 17.0 Å². The molecule has 0 spiro atoms. The Morgan fingerprint density at radius 2 is 1.96 bits per heavy atom. The Morgan fingerprint density at radius 1 is 1.33 bits per heavy atom. The van der Waals surface area contributed by atoms with Crippen LogP contribution >= 0.6 is 0 Å². The molecule has 2 aromatic rings. The molecule has 0 saturated carbocycles. The Labute approximate surface area is 143 Å². The lowest BCUT2D eigenvalue weighted by Gasteiger charge is -2.22. The van der Waals surface area contributed by atoms with Gasteiger partial charge < -0.3 is 9.45 Å². The Bertz CT molecular complexity index is 763. The highest BCUT2D eigenvalue weighted by Gasteiger charge is 2.18. The minimum absolute atomic E-state index is 0.0881. The third-order valence-corrected chi connectivity index (χ3v) is 4.07. The summed E-state index contributed by atoms with van der Waals surface area (Å²) in [5, 5.41) is 0. The molecule has 0 N–H and O–H groups in total. The van der Waals surface area contributed by atoms with E-state index in [1.54, 1.807) is 25.3 Å². The van der Waals surface area contributed by atoms with Gasteiger partial charge in [0, 0.05) is 18.2 Å². The molecule has 0 bridgehead atoms. The third-order valence-electron chi connectivity index (χ3n) is 3.47. The zero-order valence-electron chi connectivity index (χ0n) is 13.8. The smallest absolute Gasteiger partial charge is 0.226 e. The van der Waals surface area contributed by atoms with Crippen LogP contribution in [0.3, 0.4) is 0 Å². The van der Waals surface area contributed by atoms with Crippen LogP contribution in [-0.4, -0.2) is 31.7 Å². The number of anilines is 1. The molecular weight excluding hydrogens is 329 g/mol. The molecule has 128 valence electrons. The molecule has 0 aliphatic rings. The van der Waals surface area contributed by atoms with E-state index in [1.807, 2.05) is 13.8 Å². The van der Waals surface area contributed by atoms with E-state index >= 15 is 0 Å². The fraction of sp³-hybridized carbons (Fsp3) is 0.294. The number of halogens is 1. The summed E-state index contributed by atoms with van der Waals surface area (Å²) >= 11 is -2.25. The quantitative estimate of drug-likeness (QED) is 0.749. The van der Waals surface area contributed by atoms with Crippen LogP contribution < -0.4 is 4.90 Å². The van der Waals surface area contributed by atoms with Gasteiger partial charge in [0.2, 0.25) is 5.95 Å². The maximum absolute atomic E-state index is 13.2. The molecule has 1 aromatic heterocycles. The van der Waals surface area contributed by atoms with Crippen LogP contribution in [0.1, 0.15) is 31.0 Å². The first-order valence-corrected chi connectivity index (χ1v) is 8.65. The van der Waals surface area contributed by atoms with Gasteiger partial charge in [0.1, 0.15) is 5.82 Å². The summed E-state index contributed by atoms with van der Waals surface area (Å²) in [7, 11) is 1.61. The lowest BCUT2D eigenvalue weighted by Crippen LogP contribution is -2.25. The standard InChI is InChI=1S/C17H20FN3O2S/c1-5-14-15(11(2)3)19-17(21(4)10-24(22)23)20-16(14)12-6-8-13(18)9-7-12/h5-9,11H,1,10H2,2-4H3,(H,22,23)/p-1. The van der Waals surface area contributed by atoms with Gasteiger partial charge in [-0.15, -0.1) is 0 Å². The summed E-state index contributed by atoms with van der Waals surface area (Å²) in [4.78, 5) is 10.4. The predicted octanol–water partition coefficient (Wildman–Crippen LogP) is 3.32. The summed E-state index contributed by atoms with van der Waals surface area (Å²) in [5.74, 6) is -0.164. The molecule has 24 heavy (non-hydrogen) atoms. The fourth-order valence-corrected chi connectivity index (χ4v) is 2.76. The molecule has 0 fully saturated rings. The summed E-state index contributed by atoms with van der Waals surface area (Å²) in [6.45, 7) is 7.81. The first kappa shape index (κ1) is 18.2. The first-order valence-electron chi connectivity index (χ1n) is 7.40. The molecule has 1 aromatic carbocycles. The maximum Gasteiger partial charge on any atom is 0.226 e. The zero-order valence-corrected chi connectivity index (χ0v) is 14.6. The van der Waals surface area contributed by atoms with Crippen molar-refractivity contribution >= 4 is 23.1 Å². The van der Waals surface area contributed by atoms with Crippen molar-refractivity contribution in [3.05, 3.63) is 47.9 Å². The molecule has 0 aliphatic carbocycles. The maximum atomic E-state index is 13.2.